The van der Waals surface area contributed by atoms with Crippen LogP contribution in [0, 0.1) is 6.92 Å². The molecule has 3 rings (SSSR count). The molecule has 0 aromatic carbocycles. The molecule has 16 heavy (non-hydrogen) atoms. The van der Waals surface area contributed by atoms with Crippen molar-refractivity contribution < 1.29 is 0 Å². The van der Waals surface area contributed by atoms with Gasteiger partial charge in [0, 0.05) is 11.8 Å². The van der Waals surface area contributed by atoms with Gasteiger partial charge in [-0.05, 0) is 25.3 Å². The smallest absolute Gasteiger partial charge is 0.156 e. The van der Waals surface area contributed by atoms with Gasteiger partial charge in [0.2, 0.25) is 0 Å². The van der Waals surface area contributed by atoms with Crippen LogP contribution in [0.4, 0.5) is 0 Å². The molecule has 0 unspecified atom stereocenters. The second-order valence-corrected chi connectivity index (χ2v) is 4.07. The summed E-state index contributed by atoms with van der Waals surface area (Å²) in [4.78, 5) is 12.1. The maximum Gasteiger partial charge on any atom is 0.156 e. The summed E-state index contributed by atoms with van der Waals surface area (Å²) in [5, 5.41) is 0. The highest BCUT2D eigenvalue weighted by molar-refractivity contribution is 5.88. The van der Waals surface area contributed by atoms with Crippen molar-refractivity contribution >= 4 is 16.7 Å². The average Bonchev–Trinajstić information content (AvgIpc) is 2.73. The van der Waals surface area contributed by atoms with E-state index < -0.39 is 0 Å². The maximum absolute atomic E-state index is 4.55. The van der Waals surface area contributed by atoms with Gasteiger partial charge in [-0.15, -0.1) is 0 Å². The van der Waals surface area contributed by atoms with Crippen LogP contribution in [0.2, 0.25) is 0 Å². The molecule has 80 valence electrons. The van der Waals surface area contributed by atoms with Gasteiger partial charge in [0.15, 0.2) is 5.65 Å². The number of H-pyrrole nitrogens is 1. The van der Waals surface area contributed by atoms with Gasteiger partial charge in [-0.25, -0.2) is 9.97 Å². The van der Waals surface area contributed by atoms with E-state index in [1.807, 2.05) is 13.1 Å². The predicted molar refractivity (Wildman–Crippen MR) is 65.0 cm³/mol. The van der Waals surface area contributed by atoms with Crippen molar-refractivity contribution in [3.05, 3.63) is 41.9 Å². The lowest BCUT2D eigenvalue weighted by Crippen LogP contribution is -1.90. The molecule has 0 aliphatic heterocycles. The highest BCUT2D eigenvalue weighted by Gasteiger charge is 2.11. The summed E-state index contributed by atoms with van der Waals surface area (Å²) in [5.74, 6) is 0. The zero-order valence-corrected chi connectivity index (χ0v) is 9.20. The van der Waals surface area contributed by atoms with Crippen LogP contribution < -0.4 is 0 Å². The van der Waals surface area contributed by atoms with Crippen molar-refractivity contribution in [3.63, 3.8) is 0 Å². The SMILES string of the molecule is Cc1cnc2[nH]cc(C3=CC=CCC3)c2n1. The first-order valence-corrected chi connectivity index (χ1v) is 5.51. The van der Waals surface area contributed by atoms with Gasteiger partial charge in [-0.3, -0.25) is 0 Å². The van der Waals surface area contributed by atoms with Crippen LogP contribution in [-0.4, -0.2) is 15.0 Å². The molecule has 1 N–H and O–H groups in total. The van der Waals surface area contributed by atoms with Gasteiger partial charge in [0.1, 0.15) is 5.52 Å². The number of aromatic nitrogens is 3. The van der Waals surface area contributed by atoms with Gasteiger partial charge < -0.3 is 4.98 Å². The Morgan fingerprint density at radius 1 is 1.38 bits per heavy atom. The minimum atomic E-state index is 0.871. The van der Waals surface area contributed by atoms with E-state index in [4.69, 9.17) is 0 Å². The molecule has 3 nitrogen and oxygen atoms in total. The summed E-state index contributed by atoms with van der Waals surface area (Å²) in [6.07, 6.45) is 12.5. The van der Waals surface area contributed by atoms with Gasteiger partial charge >= 0.3 is 0 Å². The van der Waals surface area contributed by atoms with E-state index in [2.05, 4.69) is 33.2 Å². The second kappa shape index (κ2) is 3.59. The van der Waals surface area contributed by atoms with Crippen LogP contribution in [0.15, 0.2) is 30.6 Å². The van der Waals surface area contributed by atoms with Crippen molar-refractivity contribution in [2.24, 2.45) is 0 Å². The standard InChI is InChI=1S/C13H13N3/c1-9-7-14-13-12(16-9)11(8-15-13)10-5-3-2-4-6-10/h2-3,5,7-8H,4,6H2,1H3,(H,14,15). The molecule has 0 amide bonds. The molecular weight excluding hydrogens is 198 g/mol. The molecule has 0 atom stereocenters. The third-order valence-corrected chi connectivity index (χ3v) is 2.86. The highest BCUT2D eigenvalue weighted by Crippen LogP contribution is 2.28. The van der Waals surface area contributed by atoms with E-state index >= 15 is 0 Å². The molecule has 0 radical (unpaired) electrons. The van der Waals surface area contributed by atoms with Crippen LogP contribution >= 0.6 is 0 Å². The summed E-state index contributed by atoms with van der Waals surface area (Å²) in [5.41, 5.74) is 5.35. The predicted octanol–water partition coefficient (Wildman–Crippen LogP) is 3.00. The van der Waals surface area contributed by atoms with Crippen molar-refractivity contribution in [3.8, 4) is 0 Å². The maximum atomic E-state index is 4.55. The molecule has 0 saturated carbocycles. The van der Waals surface area contributed by atoms with E-state index in [0.717, 1.165) is 29.7 Å². The van der Waals surface area contributed by atoms with Gasteiger partial charge in [0.25, 0.3) is 0 Å². The number of rotatable bonds is 1. The van der Waals surface area contributed by atoms with Crippen LogP contribution in [0.1, 0.15) is 24.1 Å². The van der Waals surface area contributed by atoms with E-state index in [1.54, 1.807) is 6.20 Å². The Hall–Kier alpha value is -1.90. The zero-order valence-electron chi connectivity index (χ0n) is 9.20. The molecule has 0 fully saturated rings. The van der Waals surface area contributed by atoms with Crippen LogP contribution in [0.3, 0.4) is 0 Å². The highest BCUT2D eigenvalue weighted by atomic mass is 14.9. The van der Waals surface area contributed by atoms with Gasteiger partial charge in [-0.1, -0.05) is 18.2 Å². The molecule has 0 spiro atoms. The fourth-order valence-corrected chi connectivity index (χ4v) is 2.05. The zero-order chi connectivity index (χ0) is 11.0. The summed E-state index contributed by atoms with van der Waals surface area (Å²) < 4.78 is 0. The Bertz CT molecular complexity index is 590. The van der Waals surface area contributed by atoms with E-state index in [-0.39, 0.29) is 0 Å². The monoisotopic (exact) mass is 211 g/mol. The van der Waals surface area contributed by atoms with Crippen LogP contribution in [0.25, 0.3) is 16.7 Å². The average molecular weight is 211 g/mol. The number of hydrogen-bond acceptors (Lipinski definition) is 2. The summed E-state index contributed by atoms with van der Waals surface area (Å²) in [7, 11) is 0. The number of hydrogen-bond donors (Lipinski definition) is 1. The Morgan fingerprint density at radius 2 is 2.31 bits per heavy atom. The summed E-state index contributed by atoms with van der Waals surface area (Å²) >= 11 is 0. The van der Waals surface area contributed by atoms with Crippen molar-refractivity contribution in [2.45, 2.75) is 19.8 Å². The van der Waals surface area contributed by atoms with E-state index in [9.17, 15) is 0 Å². The fourth-order valence-electron chi connectivity index (χ4n) is 2.05. The number of fused-ring (bicyclic) bond motifs is 1. The molecule has 0 bridgehead atoms. The minimum Gasteiger partial charge on any atom is -0.344 e. The number of nitrogens with zero attached hydrogens (tertiary/aromatic N) is 2. The van der Waals surface area contributed by atoms with Gasteiger partial charge in [-0.2, -0.15) is 0 Å². The normalized spacial score (nSPS) is 15.4. The molecule has 3 heteroatoms. The number of allylic oxidation sites excluding steroid dienone is 4. The number of nitrogens with one attached hydrogen (secondary N) is 1. The molecule has 1 aliphatic rings. The third-order valence-electron chi connectivity index (χ3n) is 2.86. The third kappa shape index (κ3) is 1.45. The Kier molecular flexibility index (Phi) is 2.10. The Morgan fingerprint density at radius 3 is 3.12 bits per heavy atom. The number of aryl methyl sites for hydroxylation is 1. The van der Waals surface area contributed by atoms with E-state index in [0.29, 0.717) is 0 Å². The van der Waals surface area contributed by atoms with Crippen LogP contribution in [-0.2, 0) is 0 Å². The summed E-state index contributed by atoms with van der Waals surface area (Å²) in [6.45, 7) is 1.97. The summed E-state index contributed by atoms with van der Waals surface area (Å²) in [6, 6.07) is 0. The first kappa shape index (κ1) is 9.33. The second-order valence-electron chi connectivity index (χ2n) is 4.07. The van der Waals surface area contributed by atoms with Crippen molar-refractivity contribution in [2.75, 3.05) is 0 Å². The molecule has 2 heterocycles. The lowest BCUT2D eigenvalue weighted by atomic mass is 9.99. The Balaban J connectivity index is 2.20. The first-order chi connectivity index (χ1) is 7.84. The largest absolute Gasteiger partial charge is 0.344 e. The quantitative estimate of drug-likeness (QED) is 0.787. The molecular formula is C13H13N3. The topological polar surface area (TPSA) is 41.6 Å². The van der Waals surface area contributed by atoms with Gasteiger partial charge in [0.05, 0.1) is 11.9 Å². The first-order valence-electron chi connectivity index (χ1n) is 5.51. The van der Waals surface area contributed by atoms with E-state index in [1.165, 1.54) is 11.1 Å². The van der Waals surface area contributed by atoms with Crippen LogP contribution in [0.5, 0.6) is 0 Å². The molecule has 0 saturated heterocycles. The Labute approximate surface area is 93.9 Å². The molecule has 2 aromatic rings. The van der Waals surface area contributed by atoms with Crippen molar-refractivity contribution in [1.82, 2.24) is 15.0 Å². The lowest BCUT2D eigenvalue weighted by molar-refractivity contribution is 1.05. The lowest BCUT2D eigenvalue weighted by Gasteiger charge is -2.07. The fraction of sp³-hybridized carbons (Fsp3) is 0.231. The molecule has 1 aliphatic carbocycles. The molecule has 2 aromatic heterocycles. The number of aromatic amines is 1. The van der Waals surface area contributed by atoms with Crippen molar-refractivity contribution in [1.29, 1.82) is 0 Å². The minimum absolute atomic E-state index is 0.871.